The number of ether oxygens (including phenoxy) is 2. The number of hydrogen-bond donors (Lipinski definition) is 1. The zero-order chi connectivity index (χ0) is 17.9. The van der Waals surface area contributed by atoms with Crippen molar-refractivity contribution in [3.8, 4) is 5.75 Å². The Bertz CT molecular complexity index is 722. The number of rotatable bonds is 3. The zero-order valence-corrected chi connectivity index (χ0v) is 15.1. The molecule has 7 nitrogen and oxygen atoms in total. The van der Waals surface area contributed by atoms with Gasteiger partial charge >= 0.3 is 0 Å². The molecule has 8 heteroatoms. The molecular formula is C17H24N2O5S. The number of nitrogens with one attached hydrogen (secondary N) is 1. The Morgan fingerprint density at radius 3 is 2.92 bits per heavy atom. The second-order valence-corrected chi connectivity index (χ2v) is 8.19. The van der Waals surface area contributed by atoms with Crippen LogP contribution < -0.4 is 10.1 Å². The fourth-order valence-corrected chi connectivity index (χ4v) is 5.30. The summed E-state index contributed by atoms with van der Waals surface area (Å²) >= 11 is 0. The van der Waals surface area contributed by atoms with Crippen LogP contribution >= 0.6 is 0 Å². The van der Waals surface area contributed by atoms with Gasteiger partial charge in [0.25, 0.3) is 0 Å². The lowest BCUT2D eigenvalue weighted by molar-refractivity contribution is -0.126. The van der Waals surface area contributed by atoms with Gasteiger partial charge in [-0.25, -0.2) is 8.42 Å². The van der Waals surface area contributed by atoms with Gasteiger partial charge in [-0.15, -0.1) is 0 Å². The maximum Gasteiger partial charge on any atom is 0.243 e. The topological polar surface area (TPSA) is 84.9 Å². The highest BCUT2D eigenvalue weighted by Crippen LogP contribution is 2.34. The lowest BCUT2D eigenvalue weighted by atomic mass is 10.0. The third kappa shape index (κ3) is 3.80. The largest absolute Gasteiger partial charge is 0.497 e. The minimum absolute atomic E-state index is 0.0844. The zero-order valence-electron chi connectivity index (χ0n) is 14.3. The van der Waals surface area contributed by atoms with Crippen molar-refractivity contribution in [3.05, 3.63) is 24.3 Å². The van der Waals surface area contributed by atoms with E-state index in [2.05, 4.69) is 5.32 Å². The summed E-state index contributed by atoms with van der Waals surface area (Å²) < 4.78 is 38.6. The predicted molar refractivity (Wildman–Crippen MR) is 91.8 cm³/mol. The van der Waals surface area contributed by atoms with Crippen molar-refractivity contribution in [2.24, 2.45) is 5.92 Å². The van der Waals surface area contributed by atoms with E-state index in [1.165, 1.54) is 17.5 Å². The maximum atomic E-state index is 13.3. The molecule has 1 amide bonds. The molecule has 1 saturated heterocycles. The first kappa shape index (κ1) is 18.2. The number of carbonyl (C=O) groups is 1. The molecular weight excluding hydrogens is 344 g/mol. The monoisotopic (exact) mass is 368 g/mol. The molecule has 2 aliphatic rings. The van der Waals surface area contributed by atoms with Gasteiger partial charge in [-0.1, -0.05) is 12.5 Å². The molecule has 1 saturated carbocycles. The fourth-order valence-electron chi connectivity index (χ4n) is 3.59. The quantitative estimate of drug-likeness (QED) is 0.860. The van der Waals surface area contributed by atoms with Crippen LogP contribution in [0.15, 0.2) is 29.2 Å². The Morgan fingerprint density at radius 2 is 2.12 bits per heavy atom. The number of amides is 1. The first-order valence-electron chi connectivity index (χ1n) is 8.55. The van der Waals surface area contributed by atoms with Crippen LogP contribution in [0.1, 0.15) is 19.3 Å². The van der Waals surface area contributed by atoms with E-state index in [9.17, 15) is 13.2 Å². The first-order valence-corrected chi connectivity index (χ1v) is 9.99. The molecule has 1 N–H and O–H groups in total. The van der Waals surface area contributed by atoms with Crippen LogP contribution in [0.3, 0.4) is 0 Å². The van der Waals surface area contributed by atoms with E-state index in [1.807, 2.05) is 0 Å². The van der Waals surface area contributed by atoms with E-state index in [4.69, 9.17) is 9.47 Å². The molecule has 1 aromatic rings. The lowest BCUT2D eigenvalue weighted by Crippen LogP contribution is -2.49. The molecule has 1 aliphatic heterocycles. The van der Waals surface area contributed by atoms with Crippen molar-refractivity contribution in [1.29, 1.82) is 0 Å². The van der Waals surface area contributed by atoms with Crippen LogP contribution in [-0.2, 0) is 19.6 Å². The molecule has 1 heterocycles. The van der Waals surface area contributed by atoms with E-state index in [-0.39, 0.29) is 29.3 Å². The average molecular weight is 368 g/mol. The van der Waals surface area contributed by atoms with Gasteiger partial charge in [0.1, 0.15) is 5.75 Å². The highest BCUT2D eigenvalue weighted by atomic mass is 32.2. The van der Waals surface area contributed by atoms with Crippen LogP contribution in [0.4, 0.5) is 0 Å². The van der Waals surface area contributed by atoms with Crippen LogP contribution in [-0.4, -0.2) is 58.1 Å². The van der Waals surface area contributed by atoms with Crippen LogP contribution in [0.5, 0.6) is 5.75 Å². The number of methoxy groups -OCH3 is 1. The summed E-state index contributed by atoms with van der Waals surface area (Å²) in [6.45, 7) is 1.40. The van der Waals surface area contributed by atoms with E-state index in [0.29, 0.717) is 38.3 Å². The van der Waals surface area contributed by atoms with E-state index in [0.717, 1.165) is 6.42 Å². The Morgan fingerprint density at radius 1 is 1.28 bits per heavy atom. The van der Waals surface area contributed by atoms with E-state index >= 15 is 0 Å². The van der Waals surface area contributed by atoms with Gasteiger partial charge in [0.05, 0.1) is 31.1 Å². The van der Waals surface area contributed by atoms with Crippen molar-refractivity contribution in [2.45, 2.75) is 30.2 Å². The molecule has 0 unspecified atom stereocenters. The first-order chi connectivity index (χ1) is 12.0. The minimum atomic E-state index is -3.75. The molecule has 1 aliphatic carbocycles. The third-order valence-corrected chi connectivity index (χ3v) is 6.76. The summed E-state index contributed by atoms with van der Waals surface area (Å²) in [6.07, 6.45) is 2.23. The Labute approximate surface area is 148 Å². The minimum Gasteiger partial charge on any atom is -0.497 e. The van der Waals surface area contributed by atoms with E-state index < -0.39 is 10.0 Å². The fraction of sp³-hybridized carbons (Fsp3) is 0.588. The standard InChI is InChI=1S/C17H24N2O5S/c1-23-13-4-2-5-14(12-13)25(21,22)19-9-11-24-10-8-18-17(20)15-6-3-7-16(15)19/h2,4-5,12,15-16H,3,6-11H2,1H3,(H,18,20)/t15-,16+/m1/s1. The molecule has 2 atom stereocenters. The van der Waals surface area contributed by atoms with Gasteiger partial charge in [-0.3, -0.25) is 4.79 Å². The van der Waals surface area contributed by atoms with Gasteiger partial charge in [-0.05, 0) is 25.0 Å². The number of sulfonamides is 1. The van der Waals surface area contributed by atoms with Crippen molar-refractivity contribution in [1.82, 2.24) is 9.62 Å². The number of carbonyl (C=O) groups excluding carboxylic acids is 1. The molecule has 3 rings (SSSR count). The number of hydrogen-bond acceptors (Lipinski definition) is 5. The van der Waals surface area contributed by atoms with Gasteiger partial charge in [0, 0.05) is 25.2 Å². The smallest absolute Gasteiger partial charge is 0.243 e. The summed E-state index contributed by atoms with van der Waals surface area (Å²) in [7, 11) is -2.25. The van der Waals surface area contributed by atoms with Crippen molar-refractivity contribution < 1.29 is 22.7 Å². The molecule has 25 heavy (non-hydrogen) atoms. The van der Waals surface area contributed by atoms with Gasteiger partial charge in [0.2, 0.25) is 15.9 Å². The van der Waals surface area contributed by atoms with E-state index in [1.54, 1.807) is 18.2 Å². The normalized spacial score (nSPS) is 25.9. The van der Waals surface area contributed by atoms with Crippen molar-refractivity contribution >= 4 is 15.9 Å². The molecule has 2 fully saturated rings. The van der Waals surface area contributed by atoms with Crippen LogP contribution in [0.25, 0.3) is 0 Å². The number of fused-ring (bicyclic) bond motifs is 1. The second-order valence-electron chi connectivity index (χ2n) is 6.30. The third-order valence-electron chi connectivity index (χ3n) is 4.84. The summed E-state index contributed by atoms with van der Waals surface area (Å²) in [5.41, 5.74) is 0. The maximum absolute atomic E-state index is 13.3. The molecule has 1 aromatic carbocycles. The molecule has 138 valence electrons. The summed E-state index contributed by atoms with van der Waals surface area (Å²) in [4.78, 5) is 12.6. The van der Waals surface area contributed by atoms with Crippen LogP contribution in [0, 0.1) is 5.92 Å². The highest BCUT2D eigenvalue weighted by Gasteiger charge is 2.42. The van der Waals surface area contributed by atoms with Crippen molar-refractivity contribution in [3.63, 3.8) is 0 Å². The summed E-state index contributed by atoms with van der Waals surface area (Å²) in [5.74, 6) is 0.0939. The van der Waals surface area contributed by atoms with Crippen LogP contribution in [0.2, 0.25) is 0 Å². The van der Waals surface area contributed by atoms with Crippen molar-refractivity contribution in [2.75, 3.05) is 33.4 Å². The second kappa shape index (κ2) is 7.72. The average Bonchev–Trinajstić information content (AvgIpc) is 3.10. The lowest BCUT2D eigenvalue weighted by Gasteiger charge is -2.32. The Kier molecular flexibility index (Phi) is 5.61. The Balaban J connectivity index is 1.96. The molecule has 0 radical (unpaired) electrons. The Hall–Kier alpha value is -1.64. The SMILES string of the molecule is COc1cccc(S(=O)(=O)N2CCOCCNC(=O)[C@@H]3CCC[C@@H]32)c1. The van der Waals surface area contributed by atoms with Gasteiger partial charge in [0.15, 0.2) is 0 Å². The predicted octanol–water partition coefficient (Wildman–Crippen LogP) is 1.00. The highest BCUT2D eigenvalue weighted by molar-refractivity contribution is 7.89. The molecule has 0 spiro atoms. The molecule has 0 bridgehead atoms. The molecule has 0 aromatic heterocycles. The van der Waals surface area contributed by atoms with Gasteiger partial charge < -0.3 is 14.8 Å². The summed E-state index contributed by atoms with van der Waals surface area (Å²) in [6, 6.07) is 6.09. The van der Waals surface area contributed by atoms with Gasteiger partial charge in [-0.2, -0.15) is 4.31 Å². The summed E-state index contributed by atoms with van der Waals surface area (Å²) in [5, 5.41) is 2.85. The number of nitrogens with zero attached hydrogens (tertiary/aromatic N) is 1. The number of benzene rings is 1.